The van der Waals surface area contributed by atoms with Crippen LogP contribution >= 0.6 is 0 Å². The Morgan fingerprint density at radius 3 is 2.50 bits per heavy atom. The summed E-state index contributed by atoms with van der Waals surface area (Å²) >= 11 is 0. The maximum Gasteiger partial charge on any atom is 0.451 e. The maximum atomic E-state index is 13.0. The molecule has 24 heavy (non-hydrogen) atoms. The number of hydrogen-bond donors (Lipinski definition) is 2. The van der Waals surface area contributed by atoms with Gasteiger partial charge in [-0.2, -0.15) is 13.2 Å². The number of carbonyl (C=O) groups excluding carboxylic acids is 1. The summed E-state index contributed by atoms with van der Waals surface area (Å²) in [6, 6.07) is 12.4. The molecule has 0 spiro atoms. The van der Waals surface area contributed by atoms with Gasteiger partial charge in [-0.15, -0.1) is 0 Å². The summed E-state index contributed by atoms with van der Waals surface area (Å²) in [7, 11) is 0. The highest BCUT2D eigenvalue weighted by molar-refractivity contribution is 5.95. The number of anilines is 2. The van der Waals surface area contributed by atoms with Crippen molar-refractivity contribution in [2.24, 2.45) is 5.73 Å². The van der Waals surface area contributed by atoms with E-state index >= 15 is 0 Å². The van der Waals surface area contributed by atoms with Crippen LogP contribution in [0.1, 0.15) is 16.2 Å². The lowest BCUT2D eigenvalue weighted by atomic mass is 10.2. The molecule has 0 unspecified atom stereocenters. The van der Waals surface area contributed by atoms with Crippen molar-refractivity contribution in [3.05, 3.63) is 59.9 Å². The second kappa shape index (κ2) is 5.80. The lowest BCUT2D eigenvalue weighted by Crippen LogP contribution is -2.13. The number of nitrogens with two attached hydrogens (primary N) is 1. The average Bonchev–Trinajstić information content (AvgIpc) is 2.54. The van der Waals surface area contributed by atoms with Gasteiger partial charge in [0, 0.05) is 16.6 Å². The molecule has 5 nitrogen and oxygen atoms in total. The van der Waals surface area contributed by atoms with Crippen LogP contribution in [0.5, 0.6) is 0 Å². The van der Waals surface area contributed by atoms with Crippen LogP contribution in [0.4, 0.5) is 24.7 Å². The van der Waals surface area contributed by atoms with Crippen molar-refractivity contribution < 1.29 is 18.0 Å². The number of fused-ring (bicyclic) bond motifs is 1. The molecule has 122 valence electrons. The van der Waals surface area contributed by atoms with E-state index in [1.807, 2.05) is 0 Å². The first-order chi connectivity index (χ1) is 11.3. The molecule has 1 amide bonds. The highest BCUT2D eigenvalue weighted by Crippen LogP contribution is 2.31. The van der Waals surface area contributed by atoms with Gasteiger partial charge in [0.05, 0.1) is 5.52 Å². The van der Waals surface area contributed by atoms with E-state index in [1.54, 1.807) is 30.3 Å². The number of rotatable bonds is 3. The molecule has 0 radical (unpaired) electrons. The number of amides is 1. The molecular formula is C16H11F3N4O. The van der Waals surface area contributed by atoms with E-state index in [4.69, 9.17) is 5.73 Å². The van der Waals surface area contributed by atoms with Gasteiger partial charge in [-0.05, 0) is 30.3 Å². The molecule has 1 aromatic heterocycles. The Kier molecular flexibility index (Phi) is 3.80. The lowest BCUT2D eigenvalue weighted by molar-refractivity contribution is -0.144. The predicted molar refractivity (Wildman–Crippen MR) is 82.8 cm³/mol. The number of nitrogens with one attached hydrogen (secondary N) is 1. The normalized spacial score (nSPS) is 11.5. The second-order valence-electron chi connectivity index (χ2n) is 4.98. The lowest BCUT2D eigenvalue weighted by Gasteiger charge is -2.12. The number of carbonyl (C=O) groups is 1. The number of alkyl halides is 3. The predicted octanol–water partition coefficient (Wildman–Crippen LogP) is 3.49. The van der Waals surface area contributed by atoms with E-state index in [0.717, 1.165) is 0 Å². The summed E-state index contributed by atoms with van der Waals surface area (Å²) in [4.78, 5) is 18.3. The zero-order chi connectivity index (χ0) is 17.3. The molecule has 8 heteroatoms. The van der Waals surface area contributed by atoms with Gasteiger partial charge in [-0.25, -0.2) is 9.97 Å². The van der Waals surface area contributed by atoms with Gasteiger partial charge in [0.1, 0.15) is 5.82 Å². The van der Waals surface area contributed by atoms with Crippen molar-refractivity contribution in [3.63, 3.8) is 0 Å². The van der Waals surface area contributed by atoms with Gasteiger partial charge in [-0.3, -0.25) is 4.79 Å². The molecule has 0 saturated carbocycles. The first-order valence-electron chi connectivity index (χ1n) is 6.85. The minimum Gasteiger partial charge on any atom is -0.366 e. The van der Waals surface area contributed by atoms with E-state index in [9.17, 15) is 18.0 Å². The van der Waals surface area contributed by atoms with E-state index in [2.05, 4.69) is 15.3 Å². The number of primary amides is 1. The van der Waals surface area contributed by atoms with Crippen LogP contribution in [-0.2, 0) is 6.18 Å². The standard InChI is InChI=1S/C16H11F3N4O/c17-16(18,19)15-22-12-7-2-1-6-11(12)14(23-15)21-10-5-3-4-9(8-10)13(20)24/h1-8H,(H2,20,24)(H,21,22,23). The van der Waals surface area contributed by atoms with Crippen molar-refractivity contribution in [2.75, 3.05) is 5.32 Å². The number of benzene rings is 2. The molecule has 0 aliphatic heterocycles. The van der Waals surface area contributed by atoms with Crippen molar-refractivity contribution in [1.29, 1.82) is 0 Å². The van der Waals surface area contributed by atoms with E-state index in [0.29, 0.717) is 11.1 Å². The third kappa shape index (κ3) is 3.12. The zero-order valence-electron chi connectivity index (χ0n) is 12.1. The van der Waals surface area contributed by atoms with Crippen molar-refractivity contribution in [1.82, 2.24) is 9.97 Å². The van der Waals surface area contributed by atoms with E-state index in [-0.39, 0.29) is 16.9 Å². The Labute approximate surface area is 134 Å². The number of aromatic nitrogens is 2. The van der Waals surface area contributed by atoms with Crippen LogP contribution in [0.15, 0.2) is 48.5 Å². The molecule has 0 atom stereocenters. The smallest absolute Gasteiger partial charge is 0.366 e. The topological polar surface area (TPSA) is 80.9 Å². The fourth-order valence-electron chi connectivity index (χ4n) is 2.19. The van der Waals surface area contributed by atoms with E-state index in [1.165, 1.54) is 18.2 Å². The quantitative estimate of drug-likeness (QED) is 0.769. The van der Waals surface area contributed by atoms with Gasteiger partial charge in [0.25, 0.3) is 0 Å². The molecule has 3 rings (SSSR count). The third-order valence-electron chi connectivity index (χ3n) is 3.27. The SMILES string of the molecule is NC(=O)c1cccc(Nc2nc(C(F)(F)F)nc3ccccc23)c1. The van der Waals surface area contributed by atoms with Gasteiger partial charge in [0.2, 0.25) is 11.7 Å². The molecule has 0 aliphatic rings. The van der Waals surface area contributed by atoms with Crippen LogP contribution < -0.4 is 11.1 Å². The van der Waals surface area contributed by atoms with Crippen molar-refractivity contribution in [3.8, 4) is 0 Å². The van der Waals surface area contributed by atoms with Crippen LogP contribution in [-0.4, -0.2) is 15.9 Å². The molecule has 3 N–H and O–H groups in total. The molecule has 0 aliphatic carbocycles. The summed E-state index contributed by atoms with van der Waals surface area (Å²) in [6.45, 7) is 0. The van der Waals surface area contributed by atoms with Gasteiger partial charge in [-0.1, -0.05) is 18.2 Å². The van der Waals surface area contributed by atoms with Crippen LogP contribution in [0.2, 0.25) is 0 Å². The zero-order valence-corrected chi connectivity index (χ0v) is 12.1. The highest BCUT2D eigenvalue weighted by atomic mass is 19.4. The van der Waals surface area contributed by atoms with Gasteiger partial charge >= 0.3 is 6.18 Å². The summed E-state index contributed by atoms with van der Waals surface area (Å²) in [5, 5.41) is 3.22. The first kappa shape index (κ1) is 15.7. The fourth-order valence-corrected chi connectivity index (χ4v) is 2.19. The Bertz CT molecular complexity index is 925. The fraction of sp³-hybridized carbons (Fsp3) is 0.0625. The Hall–Kier alpha value is -3.16. The Morgan fingerprint density at radius 2 is 1.79 bits per heavy atom. The molecular weight excluding hydrogens is 321 g/mol. The summed E-state index contributed by atoms with van der Waals surface area (Å²) in [5.41, 5.74) is 5.99. The third-order valence-corrected chi connectivity index (χ3v) is 3.27. The summed E-state index contributed by atoms with van der Waals surface area (Å²) in [6.07, 6.45) is -4.67. The minimum absolute atomic E-state index is 0.00505. The van der Waals surface area contributed by atoms with Crippen molar-refractivity contribution >= 4 is 28.3 Å². The maximum absolute atomic E-state index is 13.0. The summed E-state index contributed by atoms with van der Waals surface area (Å²) < 4.78 is 39.0. The van der Waals surface area contributed by atoms with Crippen LogP contribution in [0.25, 0.3) is 10.9 Å². The Balaban J connectivity index is 2.11. The Morgan fingerprint density at radius 1 is 1.04 bits per heavy atom. The monoisotopic (exact) mass is 332 g/mol. The number of hydrogen-bond acceptors (Lipinski definition) is 4. The largest absolute Gasteiger partial charge is 0.451 e. The average molecular weight is 332 g/mol. The molecule has 3 aromatic rings. The van der Waals surface area contributed by atoms with Crippen LogP contribution in [0, 0.1) is 0 Å². The number of halogens is 3. The van der Waals surface area contributed by atoms with E-state index < -0.39 is 17.9 Å². The number of nitrogens with zero attached hydrogens (tertiary/aromatic N) is 2. The summed E-state index contributed by atoms with van der Waals surface area (Å²) in [5.74, 6) is -1.88. The molecule has 0 fully saturated rings. The highest BCUT2D eigenvalue weighted by Gasteiger charge is 2.35. The first-order valence-corrected chi connectivity index (χ1v) is 6.85. The molecule has 0 saturated heterocycles. The second-order valence-corrected chi connectivity index (χ2v) is 4.98. The number of para-hydroxylation sites is 1. The molecule has 0 bridgehead atoms. The minimum atomic E-state index is -4.67. The van der Waals surface area contributed by atoms with Gasteiger partial charge < -0.3 is 11.1 Å². The molecule has 2 aromatic carbocycles. The van der Waals surface area contributed by atoms with Gasteiger partial charge in [0.15, 0.2) is 0 Å². The van der Waals surface area contributed by atoms with Crippen LogP contribution in [0.3, 0.4) is 0 Å². The molecule has 1 heterocycles. The van der Waals surface area contributed by atoms with Crippen molar-refractivity contribution in [2.45, 2.75) is 6.18 Å².